The van der Waals surface area contributed by atoms with E-state index < -0.39 is 15.6 Å². The van der Waals surface area contributed by atoms with Gasteiger partial charge in [0.2, 0.25) is 10.0 Å². The zero-order chi connectivity index (χ0) is 10.8. The summed E-state index contributed by atoms with van der Waals surface area (Å²) in [4.78, 5) is 0. The summed E-state index contributed by atoms with van der Waals surface area (Å²) in [5.74, 6) is -0.172. The minimum Gasteiger partial charge on any atom is -0.389 e. The molecule has 0 radical (unpaired) electrons. The van der Waals surface area contributed by atoms with Gasteiger partial charge in [0.15, 0.2) is 0 Å². The van der Waals surface area contributed by atoms with Gasteiger partial charge in [0, 0.05) is 14.1 Å². The third-order valence-electron chi connectivity index (χ3n) is 2.54. The van der Waals surface area contributed by atoms with E-state index in [1.807, 2.05) is 0 Å². The molecule has 0 saturated carbocycles. The Morgan fingerprint density at radius 3 is 2.29 bits per heavy atom. The highest BCUT2D eigenvalue weighted by Gasteiger charge is 2.35. The van der Waals surface area contributed by atoms with Gasteiger partial charge in [-0.25, -0.2) is 12.7 Å². The maximum atomic E-state index is 11.5. The lowest BCUT2D eigenvalue weighted by molar-refractivity contribution is 0.0316. The summed E-state index contributed by atoms with van der Waals surface area (Å²) in [5, 5.41) is 13.1. The van der Waals surface area contributed by atoms with Crippen LogP contribution in [-0.4, -0.2) is 56.4 Å². The fourth-order valence-electron chi connectivity index (χ4n) is 1.51. The maximum absolute atomic E-state index is 11.5. The fourth-order valence-corrected chi connectivity index (χ4v) is 2.73. The summed E-state index contributed by atoms with van der Waals surface area (Å²) >= 11 is 0. The summed E-state index contributed by atoms with van der Waals surface area (Å²) in [5.41, 5.74) is -1.05. The van der Waals surface area contributed by atoms with Crippen molar-refractivity contribution < 1.29 is 13.5 Å². The lowest BCUT2D eigenvalue weighted by Gasteiger charge is -2.32. The van der Waals surface area contributed by atoms with E-state index in [0.717, 1.165) is 4.31 Å². The Bertz CT molecular complexity index is 281. The second-order valence-corrected chi connectivity index (χ2v) is 6.20. The maximum Gasteiger partial charge on any atom is 0.216 e. The molecule has 84 valence electrons. The highest BCUT2D eigenvalue weighted by atomic mass is 32.2. The van der Waals surface area contributed by atoms with Crippen molar-refractivity contribution in [1.29, 1.82) is 0 Å². The number of piperidine rings is 1. The highest BCUT2D eigenvalue weighted by Crippen LogP contribution is 2.20. The second-order valence-electron chi connectivity index (χ2n) is 4.01. The van der Waals surface area contributed by atoms with Crippen LogP contribution in [0.15, 0.2) is 0 Å². The van der Waals surface area contributed by atoms with Gasteiger partial charge >= 0.3 is 0 Å². The molecule has 1 rings (SSSR count). The van der Waals surface area contributed by atoms with E-state index in [1.54, 1.807) is 0 Å². The molecule has 5 nitrogen and oxygen atoms in total. The molecular weight excluding hydrogens is 204 g/mol. The van der Waals surface area contributed by atoms with Crippen LogP contribution < -0.4 is 5.32 Å². The van der Waals surface area contributed by atoms with Crippen LogP contribution >= 0.6 is 0 Å². The van der Waals surface area contributed by atoms with Gasteiger partial charge in [0.25, 0.3) is 0 Å². The first-order chi connectivity index (χ1) is 6.36. The van der Waals surface area contributed by atoms with Crippen molar-refractivity contribution >= 4 is 10.0 Å². The average Bonchev–Trinajstić information content (AvgIpc) is 2.03. The standard InChI is InChI=1S/C8H18N2O3S/c1-10(2)14(12,13)7-8(11)3-5-9-6-4-8/h9,11H,3-7H2,1-2H3. The van der Waals surface area contributed by atoms with Gasteiger partial charge in [0.1, 0.15) is 0 Å². The minimum absolute atomic E-state index is 0.172. The van der Waals surface area contributed by atoms with E-state index in [4.69, 9.17) is 0 Å². The first-order valence-electron chi connectivity index (χ1n) is 4.69. The normalized spacial score (nSPS) is 22.6. The van der Waals surface area contributed by atoms with Crippen LogP contribution in [0.1, 0.15) is 12.8 Å². The summed E-state index contributed by atoms with van der Waals surface area (Å²) in [6.45, 7) is 1.36. The first kappa shape index (κ1) is 11.9. The highest BCUT2D eigenvalue weighted by molar-refractivity contribution is 7.89. The lowest BCUT2D eigenvalue weighted by atomic mass is 9.95. The molecule has 0 aromatic rings. The molecule has 1 aliphatic heterocycles. The Morgan fingerprint density at radius 2 is 1.86 bits per heavy atom. The predicted octanol–water partition coefficient (Wildman–Crippen LogP) is -1.01. The Morgan fingerprint density at radius 1 is 1.36 bits per heavy atom. The van der Waals surface area contributed by atoms with Crippen LogP contribution in [0.2, 0.25) is 0 Å². The molecule has 0 spiro atoms. The van der Waals surface area contributed by atoms with Gasteiger partial charge in [-0.3, -0.25) is 0 Å². The summed E-state index contributed by atoms with van der Waals surface area (Å²) in [7, 11) is -0.329. The van der Waals surface area contributed by atoms with E-state index in [9.17, 15) is 13.5 Å². The van der Waals surface area contributed by atoms with Crippen molar-refractivity contribution in [2.45, 2.75) is 18.4 Å². The van der Waals surface area contributed by atoms with Gasteiger partial charge in [-0.05, 0) is 25.9 Å². The zero-order valence-corrected chi connectivity index (χ0v) is 9.47. The minimum atomic E-state index is -3.30. The molecule has 1 fully saturated rings. The van der Waals surface area contributed by atoms with Crippen molar-refractivity contribution in [3.05, 3.63) is 0 Å². The molecule has 2 N–H and O–H groups in total. The van der Waals surface area contributed by atoms with Crippen LogP contribution in [0.4, 0.5) is 0 Å². The number of rotatable bonds is 3. The molecule has 0 amide bonds. The predicted molar refractivity (Wildman–Crippen MR) is 54.5 cm³/mol. The van der Waals surface area contributed by atoms with Crippen LogP contribution in [-0.2, 0) is 10.0 Å². The number of hydrogen-bond donors (Lipinski definition) is 2. The molecule has 0 aromatic carbocycles. The van der Waals surface area contributed by atoms with E-state index in [0.29, 0.717) is 25.9 Å². The van der Waals surface area contributed by atoms with E-state index in [2.05, 4.69) is 5.32 Å². The lowest BCUT2D eigenvalue weighted by Crippen LogP contribution is -2.48. The molecule has 1 heterocycles. The van der Waals surface area contributed by atoms with Crippen molar-refractivity contribution in [3.8, 4) is 0 Å². The third-order valence-corrected chi connectivity index (χ3v) is 4.56. The quantitative estimate of drug-likeness (QED) is 0.642. The van der Waals surface area contributed by atoms with E-state index in [1.165, 1.54) is 14.1 Å². The first-order valence-corrected chi connectivity index (χ1v) is 6.30. The second kappa shape index (κ2) is 4.14. The molecule has 0 atom stereocenters. The summed E-state index contributed by atoms with van der Waals surface area (Å²) in [6, 6.07) is 0. The Balaban J connectivity index is 2.66. The van der Waals surface area contributed by atoms with Crippen molar-refractivity contribution in [2.24, 2.45) is 0 Å². The fraction of sp³-hybridized carbons (Fsp3) is 1.00. The van der Waals surface area contributed by atoms with Crippen LogP contribution in [0, 0.1) is 0 Å². The molecule has 1 saturated heterocycles. The third kappa shape index (κ3) is 2.91. The Labute approximate surface area is 85.2 Å². The molecule has 1 aliphatic rings. The number of sulfonamides is 1. The van der Waals surface area contributed by atoms with Gasteiger partial charge in [-0.15, -0.1) is 0 Å². The summed E-state index contributed by atoms with van der Waals surface area (Å²) < 4.78 is 24.3. The average molecular weight is 222 g/mol. The number of nitrogens with zero attached hydrogens (tertiary/aromatic N) is 1. The van der Waals surface area contributed by atoms with Crippen molar-refractivity contribution in [1.82, 2.24) is 9.62 Å². The largest absolute Gasteiger partial charge is 0.389 e. The SMILES string of the molecule is CN(C)S(=O)(=O)CC1(O)CCNCC1. The molecule has 14 heavy (non-hydrogen) atoms. The molecular formula is C8H18N2O3S. The number of hydrogen-bond acceptors (Lipinski definition) is 4. The zero-order valence-electron chi connectivity index (χ0n) is 8.65. The molecule has 6 heteroatoms. The van der Waals surface area contributed by atoms with Gasteiger partial charge in [-0.2, -0.15) is 0 Å². The van der Waals surface area contributed by atoms with E-state index >= 15 is 0 Å². The molecule has 0 bridgehead atoms. The topological polar surface area (TPSA) is 69.6 Å². The molecule has 0 unspecified atom stereocenters. The van der Waals surface area contributed by atoms with Crippen LogP contribution in [0.25, 0.3) is 0 Å². The van der Waals surface area contributed by atoms with Crippen molar-refractivity contribution in [2.75, 3.05) is 32.9 Å². The van der Waals surface area contributed by atoms with Gasteiger partial charge in [-0.1, -0.05) is 0 Å². The monoisotopic (exact) mass is 222 g/mol. The summed E-state index contributed by atoms with van der Waals surface area (Å²) in [6.07, 6.45) is 1.00. The Hall–Kier alpha value is -0.170. The smallest absolute Gasteiger partial charge is 0.216 e. The van der Waals surface area contributed by atoms with Crippen LogP contribution in [0.3, 0.4) is 0 Å². The van der Waals surface area contributed by atoms with Gasteiger partial charge < -0.3 is 10.4 Å². The number of aliphatic hydroxyl groups is 1. The molecule has 0 aliphatic carbocycles. The molecule has 0 aromatic heterocycles. The number of nitrogens with one attached hydrogen (secondary N) is 1. The van der Waals surface area contributed by atoms with Crippen LogP contribution in [0.5, 0.6) is 0 Å². The Kier molecular flexibility index (Phi) is 3.52. The van der Waals surface area contributed by atoms with Crippen molar-refractivity contribution in [3.63, 3.8) is 0 Å². The van der Waals surface area contributed by atoms with E-state index in [-0.39, 0.29) is 5.75 Å². The van der Waals surface area contributed by atoms with Gasteiger partial charge in [0.05, 0.1) is 11.4 Å².